The number of ether oxygens (including phenoxy) is 1. The van der Waals surface area contributed by atoms with Crippen molar-refractivity contribution >= 4 is 17.6 Å². The van der Waals surface area contributed by atoms with Crippen LogP contribution in [-0.4, -0.2) is 32.8 Å². The monoisotopic (exact) mass is 323 g/mol. The third-order valence-corrected chi connectivity index (χ3v) is 3.42. The van der Waals surface area contributed by atoms with Crippen LogP contribution in [0.4, 0.5) is 11.6 Å². The lowest BCUT2D eigenvalue weighted by Crippen LogP contribution is -2.02. The fourth-order valence-electron chi connectivity index (χ4n) is 2.26. The molecule has 0 saturated carbocycles. The van der Waals surface area contributed by atoms with Gasteiger partial charge >= 0.3 is 5.97 Å². The third kappa shape index (κ3) is 3.40. The number of hydrogen-bond donors (Lipinski definition) is 1. The van der Waals surface area contributed by atoms with Gasteiger partial charge in [0.15, 0.2) is 0 Å². The SMILES string of the molecule is COC(=O)c1ccc(Nc2nc(C)cc(-c3cnn(C)c3)n2)cc1. The Morgan fingerprint density at radius 3 is 2.58 bits per heavy atom. The molecule has 0 radical (unpaired) electrons. The van der Waals surface area contributed by atoms with Gasteiger partial charge in [-0.05, 0) is 37.3 Å². The van der Waals surface area contributed by atoms with E-state index in [4.69, 9.17) is 0 Å². The van der Waals surface area contributed by atoms with Gasteiger partial charge in [0.1, 0.15) is 0 Å². The molecule has 2 heterocycles. The zero-order chi connectivity index (χ0) is 17.1. The number of nitrogens with zero attached hydrogens (tertiary/aromatic N) is 4. The van der Waals surface area contributed by atoms with Crippen molar-refractivity contribution in [2.24, 2.45) is 7.05 Å². The van der Waals surface area contributed by atoms with Gasteiger partial charge in [-0.2, -0.15) is 5.10 Å². The molecule has 0 spiro atoms. The molecule has 0 aliphatic heterocycles. The van der Waals surface area contributed by atoms with Gasteiger partial charge in [0.2, 0.25) is 5.95 Å². The number of aromatic nitrogens is 4. The standard InChI is InChI=1S/C17H17N5O2/c1-11-8-15(13-9-18-22(2)10-13)21-17(19-11)20-14-6-4-12(5-7-14)16(23)24-3/h4-10H,1-3H3,(H,19,20,21). The first-order chi connectivity index (χ1) is 11.5. The van der Waals surface area contributed by atoms with Crippen LogP contribution in [0.15, 0.2) is 42.7 Å². The lowest BCUT2D eigenvalue weighted by atomic mass is 10.2. The van der Waals surface area contributed by atoms with Crippen molar-refractivity contribution in [2.75, 3.05) is 12.4 Å². The van der Waals surface area contributed by atoms with Crippen molar-refractivity contribution in [1.82, 2.24) is 19.7 Å². The Morgan fingerprint density at radius 2 is 1.96 bits per heavy atom. The molecule has 1 N–H and O–H groups in total. The van der Waals surface area contributed by atoms with Crippen molar-refractivity contribution < 1.29 is 9.53 Å². The summed E-state index contributed by atoms with van der Waals surface area (Å²) in [5.74, 6) is 0.117. The maximum absolute atomic E-state index is 11.5. The largest absolute Gasteiger partial charge is 0.465 e. The van der Waals surface area contributed by atoms with E-state index in [9.17, 15) is 4.79 Å². The minimum Gasteiger partial charge on any atom is -0.465 e. The number of hydrogen-bond acceptors (Lipinski definition) is 6. The highest BCUT2D eigenvalue weighted by Gasteiger charge is 2.08. The summed E-state index contributed by atoms with van der Waals surface area (Å²) in [6.45, 7) is 1.91. The molecule has 0 atom stereocenters. The Hall–Kier alpha value is -3.22. The Morgan fingerprint density at radius 1 is 1.21 bits per heavy atom. The van der Waals surface area contributed by atoms with Crippen molar-refractivity contribution in [3.05, 3.63) is 54.0 Å². The van der Waals surface area contributed by atoms with Crippen LogP contribution in [0.2, 0.25) is 0 Å². The molecular weight excluding hydrogens is 306 g/mol. The lowest BCUT2D eigenvalue weighted by molar-refractivity contribution is 0.0601. The fraction of sp³-hybridized carbons (Fsp3) is 0.176. The molecule has 1 aromatic carbocycles. The summed E-state index contributed by atoms with van der Waals surface area (Å²) >= 11 is 0. The zero-order valence-corrected chi connectivity index (χ0v) is 13.6. The van der Waals surface area contributed by atoms with Gasteiger partial charge in [-0.3, -0.25) is 4.68 Å². The van der Waals surface area contributed by atoms with Crippen LogP contribution in [0.3, 0.4) is 0 Å². The van der Waals surface area contributed by atoms with E-state index >= 15 is 0 Å². The van der Waals surface area contributed by atoms with Crippen molar-refractivity contribution in [1.29, 1.82) is 0 Å². The molecule has 122 valence electrons. The number of aryl methyl sites for hydroxylation is 2. The summed E-state index contributed by atoms with van der Waals surface area (Å²) in [5.41, 5.74) is 3.84. The van der Waals surface area contributed by atoms with E-state index in [1.54, 1.807) is 35.1 Å². The Balaban J connectivity index is 1.85. The highest BCUT2D eigenvalue weighted by atomic mass is 16.5. The molecule has 3 aromatic rings. The molecule has 7 nitrogen and oxygen atoms in total. The number of carbonyl (C=O) groups is 1. The van der Waals surface area contributed by atoms with Crippen LogP contribution in [0.25, 0.3) is 11.3 Å². The molecule has 0 aliphatic carbocycles. The Labute approximate surface area is 139 Å². The van der Waals surface area contributed by atoms with Crippen LogP contribution < -0.4 is 5.32 Å². The van der Waals surface area contributed by atoms with Gasteiger partial charge in [-0.25, -0.2) is 14.8 Å². The van der Waals surface area contributed by atoms with E-state index < -0.39 is 0 Å². The van der Waals surface area contributed by atoms with E-state index in [1.165, 1.54) is 7.11 Å². The topological polar surface area (TPSA) is 81.9 Å². The molecule has 24 heavy (non-hydrogen) atoms. The Bertz CT molecular complexity index is 871. The average Bonchev–Trinajstić information content (AvgIpc) is 3.01. The van der Waals surface area contributed by atoms with Gasteiger partial charge in [0.25, 0.3) is 0 Å². The van der Waals surface area contributed by atoms with Crippen LogP contribution >= 0.6 is 0 Å². The fourth-order valence-corrected chi connectivity index (χ4v) is 2.26. The molecule has 0 amide bonds. The minimum atomic E-state index is -0.368. The number of esters is 1. The summed E-state index contributed by atoms with van der Waals surface area (Å²) in [7, 11) is 3.22. The third-order valence-electron chi connectivity index (χ3n) is 3.42. The van der Waals surface area contributed by atoms with Crippen molar-refractivity contribution in [3.63, 3.8) is 0 Å². The Kier molecular flexibility index (Phi) is 4.24. The van der Waals surface area contributed by atoms with Crippen LogP contribution in [0, 0.1) is 6.92 Å². The number of nitrogens with one attached hydrogen (secondary N) is 1. The molecule has 7 heteroatoms. The lowest BCUT2D eigenvalue weighted by Gasteiger charge is -2.08. The van der Waals surface area contributed by atoms with Crippen molar-refractivity contribution in [2.45, 2.75) is 6.92 Å². The second-order valence-electron chi connectivity index (χ2n) is 5.31. The average molecular weight is 323 g/mol. The predicted octanol–water partition coefficient (Wildman–Crippen LogP) is 2.72. The van der Waals surface area contributed by atoms with Gasteiger partial charge in [0.05, 0.1) is 24.6 Å². The van der Waals surface area contributed by atoms with Gasteiger partial charge in [-0.1, -0.05) is 0 Å². The molecule has 0 fully saturated rings. The minimum absolute atomic E-state index is 0.368. The van der Waals surface area contributed by atoms with Gasteiger partial charge in [-0.15, -0.1) is 0 Å². The highest BCUT2D eigenvalue weighted by Crippen LogP contribution is 2.20. The number of rotatable bonds is 4. The highest BCUT2D eigenvalue weighted by molar-refractivity contribution is 5.89. The molecular formula is C17H17N5O2. The smallest absolute Gasteiger partial charge is 0.337 e. The van der Waals surface area contributed by atoms with E-state index in [2.05, 4.69) is 25.1 Å². The van der Waals surface area contributed by atoms with E-state index in [-0.39, 0.29) is 5.97 Å². The molecule has 0 aliphatic rings. The van der Waals surface area contributed by atoms with Gasteiger partial charge in [0, 0.05) is 30.2 Å². The second kappa shape index (κ2) is 6.49. The van der Waals surface area contributed by atoms with E-state index in [0.29, 0.717) is 11.5 Å². The van der Waals surface area contributed by atoms with Gasteiger partial charge < -0.3 is 10.1 Å². The van der Waals surface area contributed by atoms with Crippen LogP contribution in [0.1, 0.15) is 16.1 Å². The summed E-state index contributed by atoms with van der Waals surface area (Å²) in [6, 6.07) is 8.84. The summed E-state index contributed by atoms with van der Waals surface area (Å²) in [4.78, 5) is 20.4. The first-order valence-electron chi connectivity index (χ1n) is 7.35. The molecule has 0 saturated heterocycles. The summed E-state index contributed by atoms with van der Waals surface area (Å²) < 4.78 is 6.41. The molecule has 3 rings (SSSR count). The van der Waals surface area contributed by atoms with Crippen LogP contribution in [0.5, 0.6) is 0 Å². The second-order valence-corrected chi connectivity index (χ2v) is 5.31. The molecule has 0 unspecified atom stereocenters. The number of carbonyl (C=O) groups excluding carboxylic acids is 1. The quantitative estimate of drug-likeness (QED) is 0.743. The van der Waals surface area contributed by atoms with E-state index in [0.717, 1.165) is 22.6 Å². The normalized spacial score (nSPS) is 10.5. The maximum Gasteiger partial charge on any atom is 0.337 e. The molecule has 2 aromatic heterocycles. The number of benzene rings is 1. The first-order valence-corrected chi connectivity index (χ1v) is 7.35. The zero-order valence-electron chi connectivity index (χ0n) is 13.6. The van der Waals surface area contributed by atoms with E-state index in [1.807, 2.05) is 26.2 Å². The van der Waals surface area contributed by atoms with Crippen LogP contribution in [-0.2, 0) is 11.8 Å². The van der Waals surface area contributed by atoms with Crippen molar-refractivity contribution in [3.8, 4) is 11.3 Å². The maximum atomic E-state index is 11.5. The predicted molar refractivity (Wildman–Crippen MR) is 90.0 cm³/mol. The molecule has 0 bridgehead atoms. The first kappa shape index (κ1) is 15.7. The number of methoxy groups -OCH3 is 1. The number of anilines is 2. The summed E-state index contributed by atoms with van der Waals surface area (Å²) in [5, 5.41) is 7.31. The summed E-state index contributed by atoms with van der Waals surface area (Å²) in [6.07, 6.45) is 3.66.